The van der Waals surface area contributed by atoms with Crippen molar-refractivity contribution in [3.05, 3.63) is 35.4 Å². The largest absolute Gasteiger partial charge is 0.268 e. The van der Waals surface area contributed by atoms with Crippen molar-refractivity contribution in [3.63, 3.8) is 0 Å². The van der Waals surface area contributed by atoms with E-state index < -0.39 is 9.52 Å². The average molecular weight is 182 g/mol. The van der Waals surface area contributed by atoms with Gasteiger partial charge in [-0.1, -0.05) is 24.3 Å². The molecule has 12 heavy (non-hydrogen) atoms. The average Bonchev–Trinajstić information content (AvgIpc) is 1.91. The van der Waals surface area contributed by atoms with Crippen LogP contribution in [0.15, 0.2) is 24.3 Å². The molecule has 1 nitrogen and oxygen atoms in total. The number of aryl methyl sites for hydroxylation is 1. The molecule has 1 rings (SSSR count). The maximum atomic E-state index is 11.4. The van der Waals surface area contributed by atoms with Crippen molar-refractivity contribution in [3.8, 4) is 0 Å². The van der Waals surface area contributed by atoms with E-state index in [1.165, 1.54) is 5.56 Å². The van der Waals surface area contributed by atoms with E-state index in [1.807, 2.05) is 31.2 Å². The Bertz CT molecular complexity index is 363. The normalized spacial score (nSPS) is 15.5. The van der Waals surface area contributed by atoms with Gasteiger partial charge in [-0.3, -0.25) is 4.21 Å². The van der Waals surface area contributed by atoms with E-state index in [4.69, 9.17) is 0 Å². The zero-order chi connectivity index (χ0) is 9.19. The number of hydrogen-bond acceptors (Lipinski definition) is 1. The highest BCUT2D eigenvalue weighted by Crippen LogP contribution is 2.09. The monoisotopic (exact) mass is 182 g/mol. The minimum absolute atomic E-state index is 0.583. The van der Waals surface area contributed by atoms with E-state index in [2.05, 4.69) is 5.87 Å². The van der Waals surface area contributed by atoms with Crippen molar-refractivity contribution in [1.29, 1.82) is 0 Å². The molecule has 1 unspecified atom stereocenters. The summed E-state index contributed by atoms with van der Waals surface area (Å²) in [7, 11) is -1.90. The molecule has 0 saturated heterocycles. The molecule has 0 aromatic heterocycles. The van der Waals surface area contributed by atoms with Crippen LogP contribution >= 0.6 is 0 Å². The summed E-state index contributed by atoms with van der Waals surface area (Å²) in [5, 5.41) is 0. The third kappa shape index (κ3) is 2.70. The van der Waals surface area contributed by atoms with E-state index in [1.54, 1.807) is 6.26 Å². The van der Waals surface area contributed by atoms with Crippen LogP contribution in [0.1, 0.15) is 11.1 Å². The molecule has 0 amide bonds. The van der Waals surface area contributed by atoms with Crippen LogP contribution in [0.4, 0.5) is 0 Å². The molecule has 0 aliphatic heterocycles. The molecule has 0 spiro atoms. The van der Waals surface area contributed by atoms with Gasteiger partial charge in [-0.05, 0) is 33.4 Å². The third-order valence-corrected chi connectivity index (χ3v) is 2.64. The predicted octanol–water partition coefficient (Wildman–Crippen LogP) is 1.84. The molecule has 0 aliphatic carbocycles. The Morgan fingerprint density at radius 1 is 1.42 bits per heavy atom. The fourth-order valence-electron chi connectivity index (χ4n) is 1.10. The summed E-state index contributed by atoms with van der Waals surface area (Å²) in [5.41, 5.74) is 2.33. The van der Waals surface area contributed by atoms with E-state index in [0.717, 1.165) is 5.56 Å². The molecular formula is C10H14OS. The number of hydrogen-bond donors (Lipinski definition) is 0. The van der Waals surface area contributed by atoms with Gasteiger partial charge in [0.25, 0.3) is 0 Å². The lowest BCUT2D eigenvalue weighted by Gasteiger charge is -2.05. The van der Waals surface area contributed by atoms with Crippen molar-refractivity contribution in [1.82, 2.24) is 0 Å². The Morgan fingerprint density at radius 2 is 2.00 bits per heavy atom. The van der Waals surface area contributed by atoms with Crippen LogP contribution in [-0.2, 0) is 15.3 Å². The van der Waals surface area contributed by atoms with Gasteiger partial charge < -0.3 is 0 Å². The summed E-state index contributed by atoms with van der Waals surface area (Å²) in [5.74, 6) is 4.22. The summed E-state index contributed by atoms with van der Waals surface area (Å²) >= 11 is 0. The van der Waals surface area contributed by atoms with E-state index in [9.17, 15) is 4.21 Å². The second kappa shape index (κ2) is 3.31. The first kappa shape index (κ1) is 9.33. The van der Waals surface area contributed by atoms with Crippen LogP contribution < -0.4 is 0 Å². The quantitative estimate of drug-likeness (QED) is 0.638. The first-order valence-corrected chi connectivity index (χ1v) is 6.14. The molecule has 0 fully saturated rings. The van der Waals surface area contributed by atoms with Gasteiger partial charge in [0.15, 0.2) is 0 Å². The van der Waals surface area contributed by atoms with Gasteiger partial charge in [0, 0.05) is 12.0 Å². The minimum Gasteiger partial charge on any atom is -0.268 e. The topological polar surface area (TPSA) is 17.1 Å². The molecular weight excluding hydrogens is 168 g/mol. The van der Waals surface area contributed by atoms with Gasteiger partial charge in [-0.15, -0.1) is 0 Å². The maximum Gasteiger partial charge on any atom is 0.0409 e. The molecule has 0 heterocycles. The SMILES string of the molecule is C=S(C)(=O)Cc1ccccc1C. The van der Waals surface area contributed by atoms with Crippen LogP contribution in [0.3, 0.4) is 0 Å². The second-order valence-corrected chi connectivity index (χ2v) is 5.91. The molecule has 0 radical (unpaired) electrons. The molecule has 0 saturated carbocycles. The van der Waals surface area contributed by atoms with Crippen molar-refractivity contribution < 1.29 is 4.21 Å². The van der Waals surface area contributed by atoms with Crippen molar-refractivity contribution >= 4 is 15.4 Å². The summed E-state index contributed by atoms with van der Waals surface area (Å²) in [4.78, 5) is 0. The lowest BCUT2D eigenvalue weighted by atomic mass is 10.1. The molecule has 1 aromatic rings. The van der Waals surface area contributed by atoms with E-state index in [0.29, 0.717) is 5.75 Å². The smallest absolute Gasteiger partial charge is 0.0409 e. The van der Waals surface area contributed by atoms with Crippen molar-refractivity contribution in [2.45, 2.75) is 12.7 Å². The molecule has 0 aliphatic rings. The Hall–Kier alpha value is -0.760. The molecule has 0 N–H and O–H groups in total. The summed E-state index contributed by atoms with van der Waals surface area (Å²) in [6, 6.07) is 7.98. The van der Waals surface area contributed by atoms with E-state index in [-0.39, 0.29) is 0 Å². The highest BCUT2D eigenvalue weighted by Gasteiger charge is 2.00. The van der Waals surface area contributed by atoms with Gasteiger partial charge in [0.2, 0.25) is 0 Å². The molecule has 66 valence electrons. The zero-order valence-corrected chi connectivity index (χ0v) is 8.36. The molecule has 2 heteroatoms. The van der Waals surface area contributed by atoms with Crippen LogP contribution in [0.25, 0.3) is 0 Å². The Labute approximate surface area is 74.4 Å². The highest BCUT2D eigenvalue weighted by molar-refractivity contribution is 7.98. The van der Waals surface area contributed by atoms with Gasteiger partial charge in [0.05, 0.1) is 0 Å². The number of rotatable bonds is 2. The van der Waals surface area contributed by atoms with Crippen LogP contribution in [0.2, 0.25) is 0 Å². The first-order chi connectivity index (χ1) is 5.49. The van der Waals surface area contributed by atoms with Crippen LogP contribution in [0, 0.1) is 6.92 Å². The highest BCUT2D eigenvalue weighted by atomic mass is 32.2. The Morgan fingerprint density at radius 3 is 2.50 bits per heavy atom. The first-order valence-electron chi connectivity index (χ1n) is 3.83. The lowest BCUT2D eigenvalue weighted by Crippen LogP contribution is -2.01. The van der Waals surface area contributed by atoms with Crippen LogP contribution in [0.5, 0.6) is 0 Å². The summed E-state index contributed by atoms with van der Waals surface area (Å²) in [6.07, 6.45) is 1.69. The maximum absolute atomic E-state index is 11.4. The zero-order valence-electron chi connectivity index (χ0n) is 7.54. The van der Waals surface area contributed by atoms with Gasteiger partial charge in [-0.2, -0.15) is 0 Å². The lowest BCUT2D eigenvalue weighted by molar-refractivity contribution is 0.684. The van der Waals surface area contributed by atoms with Gasteiger partial charge in [-0.25, -0.2) is 0 Å². The van der Waals surface area contributed by atoms with Crippen molar-refractivity contribution in [2.75, 3.05) is 6.26 Å². The molecule has 1 aromatic carbocycles. The Kier molecular flexibility index (Phi) is 2.58. The minimum atomic E-state index is -1.90. The summed E-state index contributed by atoms with van der Waals surface area (Å²) < 4.78 is 11.4. The van der Waals surface area contributed by atoms with Crippen LogP contribution in [-0.4, -0.2) is 16.3 Å². The van der Waals surface area contributed by atoms with Gasteiger partial charge >= 0.3 is 0 Å². The molecule has 1 atom stereocenters. The Balaban J connectivity index is 2.98. The van der Waals surface area contributed by atoms with Gasteiger partial charge in [0.1, 0.15) is 0 Å². The second-order valence-electron chi connectivity index (χ2n) is 3.25. The summed E-state index contributed by atoms with van der Waals surface area (Å²) in [6.45, 7) is 2.03. The fourth-order valence-corrected chi connectivity index (χ4v) is 2.08. The standard InChI is InChI=1S/C10H14OS/c1-9-6-4-5-7-10(9)8-12(2,3)11/h4-7H,2,8H2,1,3H3. The third-order valence-electron chi connectivity index (χ3n) is 1.72. The molecule has 0 bridgehead atoms. The number of benzene rings is 1. The fraction of sp³-hybridized carbons (Fsp3) is 0.300. The van der Waals surface area contributed by atoms with Crippen molar-refractivity contribution in [2.24, 2.45) is 0 Å². The predicted molar refractivity (Wildman–Crippen MR) is 56.1 cm³/mol. The van der Waals surface area contributed by atoms with E-state index >= 15 is 0 Å².